The first-order chi connectivity index (χ1) is 9.38. The molecule has 0 fully saturated rings. The Morgan fingerprint density at radius 3 is 2.30 bits per heavy atom. The number of anilines is 1. The van der Waals surface area contributed by atoms with E-state index in [1.54, 1.807) is 30.3 Å². The lowest BCUT2D eigenvalue weighted by Gasteiger charge is -2.11. The molecule has 0 heterocycles. The Balaban J connectivity index is 2.25. The number of hydrogen-bond acceptors (Lipinski definition) is 1. The zero-order valence-corrected chi connectivity index (χ0v) is 10.8. The van der Waals surface area contributed by atoms with Crippen LogP contribution in [-0.4, -0.2) is 5.91 Å². The molecule has 0 atom stereocenters. The third-order valence-electron chi connectivity index (χ3n) is 2.57. The van der Waals surface area contributed by atoms with Gasteiger partial charge in [-0.15, -0.1) is 0 Å². The molecule has 104 valence electrons. The van der Waals surface area contributed by atoms with E-state index in [0.29, 0.717) is 5.56 Å². The van der Waals surface area contributed by atoms with E-state index < -0.39 is 22.7 Å². The van der Waals surface area contributed by atoms with Gasteiger partial charge in [0.1, 0.15) is 0 Å². The highest BCUT2D eigenvalue weighted by Crippen LogP contribution is 2.36. The number of nitrogens with one attached hydrogen (secondary N) is 1. The quantitative estimate of drug-likeness (QED) is 0.862. The number of benzene rings is 2. The first kappa shape index (κ1) is 14.4. The van der Waals surface area contributed by atoms with Crippen LogP contribution in [0.4, 0.5) is 18.9 Å². The van der Waals surface area contributed by atoms with Crippen LogP contribution in [0.2, 0.25) is 5.02 Å². The Bertz CT molecular complexity index is 626. The summed E-state index contributed by atoms with van der Waals surface area (Å²) < 4.78 is 38.1. The molecule has 2 nitrogen and oxygen atoms in total. The largest absolute Gasteiger partial charge is 0.417 e. The number of carbonyl (C=O) groups excluding carboxylic acids is 1. The summed E-state index contributed by atoms with van der Waals surface area (Å²) in [5.74, 6) is -0.485. The smallest absolute Gasteiger partial charge is 0.322 e. The summed E-state index contributed by atoms with van der Waals surface area (Å²) in [5.41, 5.74) is -0.586. The predicted octanol–water partition coefficient (Wildman–Crippen LogP) is 4.61. The molecule has 0 aliphatic heterocycles. The molecule has 0 saturated heterocycles. The Morgan fingerprint density at radius 1 is 1.05 bits per heavy atom. The number of hydrogen-bond donors (Lipinski definition) is 1. The molecule has 20 heavy (non-hydrogen) atoms. The highest BCUT2D eigenvalue weighted by atomic mass is 35.5. The third-order valence-corrected chi connectivity index (χ3v) is 2.90. The van der Waals surface area contributed by atoms with Crippen LogP contribution >= 0.6 is 11.6 Å². The standard InChI is InChI=1S/C14H9ClF3NO/c15-12-7-6-10(8-11(12)14(16,17)18)19-13(20)9-4-2-1-3-5-9/h1-8H,(H,19,20). The Kier molecular flexibility index (Phi) is 3.99. The van der Waals surface area contributed by atoms with Crippen LogP contribution in [-0.2, 0) is 6.18 Å². The van der Waals surface area contributed by atoms with Crippen LogP contribution in [0.5, 0.6) is 0 Å². The van der Waals surface area contributed by atoms with E-state index in [0.717, 1.165) is 12.1 Å². The van der Waals surface area contributed by atoms with Gasteiger partial charge in [0.05, 0.1) is 10.6 Å². The molecule has 2 aromatic carbocycles. The molecule has 0 bridgehead atoms. The number of alkyl halides is 3. The van der Waals surface area contributed by atoms with Gasteiger partial charge in [-0.25, -0.2) is 0 Å². The Morgan fingerprint density at radius 2 is 1.70 bits per heavy atom. The van der Waals surface area contributed by atoms with Crippen molar-refractivity contribution in [3.8, 4) is 0 Å². The maximum Gasteiger partial charge on any atom is 0.417 e. The van der Waals surface area contributed by atoms with Gasteiger partial charge >= 0.3 is 6.18 Å². The van der Waals surface area contributed by atoms with Gasteiger partial charge in [0.15, 0.2) is 0 Å². The fraction of sp³-hybridized carbons (Fsp3) is 0.0714. The van der Waals surface area contributed by atoms with Crippen molar-refractivity contribution in [2.24, 2.45) is 0 Å². The van der Waals surface area contributed by atoms with Gasteiger partial charge < -0.3 is 5.32 Å². The molecule has 6 heteroatoms. The molecular formula is C14H9ClF3NO. The number of amides is 1. The second-order valence-electron chi connectivity index (χ2n) is 4.01. The van der Waals surface area contributed by atoms with Crippen molar-refractivity contribution in [2.45, 2.75) is 6.18 Å². The van der Waals surface area contributed by atoms with E-state index in [9.17, 15) is 18.0 Å². The molecule has 0 aromatic heterocycles. The fourth-order valence-corrected chi connectivity index (χ4v) is 1.84. The maximum atomic E-state index is 12.7. The van der Waals surface area contributed by atoms with E-state index in [-0.39, 0.29) is 5.69 Å². The summed E-state index contributed by atoms with van der Waals surface area (Å²) >= 11 is 5.50. The maximum absolute atomic E-state index is 12.7. The zero-order valence-electron chi connectivity index (χ0n) is 10.0. The minimum absolute atomic E-state index is 0.0376. The van der Waals surface area contributed by atoms with Gasteiger partial charge in [-0.2, -0.15) is 13.2 Å². The average Bonchev–Trinajstić information content (AvgIpc) is 2.40. The van der Waals surface area contributed by atoms with Gasteiger partial charge in [-0.1, -0.05) is 29.8 Å². The molecule has 2 rings (SSSR count). The van der Waals surface area contributed by atoms with Gasteiger partial charge in [-0.3, -0.25) is 4.79 Å². The zero-order chi connectivity index (χ0) is 14.8. The Labute approximate surface area is 118 Å². The van der Waals surface area contributed by atoms with Crippen molar-refractivity contribution in [3.05, 3.63) is 64.7 Å². The lowest BCUT2D eigenvalue weighted by atomic mass is 10.1. The topological polar surface area (TPSA) is 29.1 Å². The number of carbonyl (C=O) groups is 1. The number of halogens is 4. The molecule has 0 aliphatic rings. The van der Waals surface area contributed by atoms with Crippen LogP contribution in [0.3, 0.4) is 0 Å². The van der Waals surface area contributed by atoms with E-state index in [1.165, 1.54) is 6.07 Å². The van der Waals surface area contributed by atoms with Crippen molar-refractivity contribution in [1.82, 2.24) is 0 Å². The van der Waals surface area contributed by atoms with Gasteiger partial charge in [-0.05, 0) is 30.3 Å². The average molecular weight is 300 g/mol. The fourth-order valence-electron chi connectivity index (χ4n) is 1.61. The molecule has 1 N–H and O–H groups in total. The first-order valence-corrected chi connectivity index (χ1v) is 5.99. The van der Waals surface area contributed by atoms with Crippen molar-refractivity contribution in [1.29, 1.82) is 0 Å². The summed E-state index contributed by atoms with van der Waals surface area (Å²) in [5, 5.41) is 1.99. The minimum atomic E-state index is -4.56. The summed E-state index contributed by atoms with van der Waals surface area (Å²) in [4.78, 5) is 11.8. The summed E-state index contributed by atoms with van der Waals surface area (Å²) in [6, 6.07) is 11.4. The molecule has 0 spiro atoms. The third kappa shape index (κ3) is 3.30. The lowest BCUT2D eigenvalue weighted by Crippen LogP contribution is -2.13. The van der Waals surface area contributed by atoms with Crippen molar-refractivity contribution in [3.63, 3.8) is 0 Å². The van der Waals surface area contributed by atoms with E-state index in [1.807, 2.05) is 0 Å². The second-order valence-corrected chi connectivity index (χ2v) is 4.42. The van der Waals surface area contributed by atoms with Crippen LogP contribution in [0.15, 0.2) is 48.5 Å². The highest BCUT2D eigenvalue weighted by Gasteiger charge is 2.33. The number of rotatable bonds is 2. The summed E-state index contributed by atoms with van der Waals surface area (Å²) in [6.45, 7) is 0. The van der Waals surface area contributed by atoms with Crippen molar-refractivity contribution < 1.29 is 18.0 Å². The SMILES string of the molecule is O=C(Nc1ccc(Cl)c(C(F)(F)F)c1)c1ccccc1. The van der Waals surface area contributed by atoms with E-state index in [4.69, 9.17) is 11.6 Å². The van der Waals surface area contributed by atoms with E-state index in [2.05, 4.69) is 5.32 Å². The van der Waals surface area contributed by atoms with Gasteiger partial charge in [0.25, 0.3) is 5.91 Å². The van der Waals surface area contributed by atoms with E-state index >= 15 is 0 Å². The normalized spacial score (nSPS) is 11.2. The highest BCUT2D eigenvalue weighted by molar-refractivity contribution is 6.31. The van der Waals surface area contributed by atoms with Gasteiger partial charge in [0.2, 0.25) is 0 Å². The first-order valence-electron chi connectivity index (χ1n) is 5.61. The molecule has 2 aromatic rings. The Hall–Kier alpha value is -2.01. The lowest BCUT2D eigenvalue weighted by molar-refractivity contribution is -0.137. The molecular weight excluding hydrogens is 291 g/mol. The van der Waals surface area contributed by atoms with Crippen LogP contribution in [0, 0.1) is 0 Å². The summed E-state index contributed by atoms with van der Waals surface area (Å²) in [6.07, 6.45) is -4.56. The predicted molar refractivity (Wildman–Crippen MR) is 70.8 cm³/mol. The minimum Gasteiger partial charge on any atom is -0.322 e. The van der Waals surface area contributed by atoms with Crippen LogP contribution < -0.4 is 5.32 Å². The molecule has 1 amide bonds. The summed E-state index contributed by atoms with van der Waals surface area (Å²) in [7, 11) is 0. The van der Waals surface area contributed by atoms with Crippen LogP contribution in [0.25, 0.3) is 0 Å². The van der Waals surface area contributed by atoms with Crippen LogP contribution in [0.1, 0.15) is 15.9 Å². The second kappa shape index (κ2) is 5.54. The molecule has 0 radical (unpaired) electrons. The van der Waals surface area contributed by atoms with Gasteiger partial charge in [0, 0.05) is 11.3 Å². The monoisotopic (exact) mass is 299 g/mol. The molecule has 0 unspecified atom stereocenters. The van der Waals surface area contributed by atoms with Crippen molar-refractivity contribution in [2.75, 3.05) is 5.32 Å². The van der Waals surface area contributed by atoms with Crippen molar-refractivity contribution >= 4 is 23.2 Å². The molecule has 0 saturated carbocycles. The molecule has 0 aliphatic carbocycles.